The third-order valence-electron chi connectivity index (χ3n) is 5.17. The summed E-state index contributed by atoms with van der Waals surface area (Å²) in [4.78, 5) is 14.3. The second kappa shape index (κ2) is 6.92. The Morgan fingerprint density at radius 2 is 1.88 bits per heavy atom. The van der Waals surface area contributed by atoms with Gasteiger partial charge in [0.15, 0.2) is 17.3 Å². The molecule has 3 rings (SSSR count). The SMILES string of the molecule is CCC1(CO)CCN(C(=O)c2ccn(-c3c(F)cccc3F)n2)CC1. The highest BCUT2D eigenvalue weighted by Crippen LogP contribution is 2.34. The number of likely N-dealkylation sites (tertiary alicyclic amines) is 1. The highest BCUT2D eigenvalue weighted by Gasteiger charge is 2.34. The lowest BCUT2D eigenvalue weighted by molar-refractivity contribution is 0.0334. The molecule has 134 valence electrons. The lowest BCUT2D eigenvalue weighted by Crippen LogP contribution is -2.44. The van der Waals surface area contributed by atoms with E-state index in [-0.39, 0.29) is 29.3 Å². The van der Waals surface area contributed by atoms with Crippen LogP contribution in [0, 0.1) is 17.0 Å². The van der Waals surface area contributed by atoms with Crippen LogP contribution in [-0.4, -0.2) is 45.4 Å². The number of aromatic nitrogens is 2. The normalized spacial score (nSPS) is 16.9. The minimum atomic E-state index is -0.740. The third-order valence-corrected chi connectivity index (χ3v) is 5.17. The number of aliphatic hydroxyl groups is 1. The Balaban J connectivity index is 1.76. The Hall–Kier alpha value is -2.28. The van der Waals surface area contributed by atoms with Crippen LogP contribution in [0.2, 0.25) is 0 Å². The summed E-state index contributed by atoms with van der Waals surface area (Å²) in [7, 11) is 0. The molecule has 1 fully saturated rings. The van der Waals surface area contributed by atoms with Crippen molar-refractivity contribution in [3.05, 3.63) is 47.8 Å². The summed E-state index contributed by atoms with van der Waals surface area (Å²) in [5.41, 5.74) is -0.270. The number of carbonyl (C=O) groups excluding carboxylic acids is 1. The quantitative estimate of drug-likeness (QED) is 0.923. The molecular formula is C18H21F2N3O2. The third kappa shape index (κ3) is 3.28. The summed E-state index contributed by atoms with van der Waals surface area (Å²) >= 11 is 0. The van der Waals surface area contributed by atoms with Crippen molar-refractivity contribution in [3.8, 4) is 5.69 Å². The molecule has 1 aromatic heterocycles. The molecule has 1 aliphatic heterocycles. The second-order valence-corrected chi connectivity index (χ2v) is 6.52. The van der Waals surface area contributed by atoms with Crippen LogP contribution >= 0.6 is 0 Å². The maximum absolute atomic E-state index is 13.8. The predicted molar refractivity (Wildman–Crippen MR) is 88.4 cm³/mol. The van der Waals surface area contributed by atoms with Crippen LogP contribution in [0.15, 0.2) is 30.5 Å². The van der Waals surface area contributed by atoms with Gasteiger partial charge in [0.25, 0.3) is 5.91 Å². The van der Waals surface area contributed by atoms with E-state index < -0.39 is 11.6 Å². The first kappa shape index (κ1) is 17.5. The maximum Gasteiger partial charge on any atom is 0.274 e. The van der Waals surface area contributed by atoms with Crippen LogP contribution in [0.4, 0.5) is 8.78 Å². The van der Waals surface area contributed by atoms with Gasteiger partial charge < -0.3 is 10.0 Å². The van der Waals surface area contributed by atoms with Gasteiger partial charge in [-0.15, -0.1) is 0 Å². The first-order valence-corrected chi connectivity index (χ1v) is 8.40. The molecule has 7 heteroatoms. The van der Waals surface area contributed by atoms with Gasteiger partial charge >= 0.3 is 0 Å². The van der Waals surface area contributed by atoms with Crippen LogP contribution in [0.5, 0.6) is 0 Å². The van der Waals surface area contributed by atoms with Gasteiger partial charge in [0.1, 0.15) is 5.69 Å². The number of rotatable bonds is 4. The second-order valence-electron chi connectivity index (χ2n) is 6.52. The number of halogens is 2. The molecule has 1 N–H and O–H groups in total. The monoisotopic (exact) mass is 349 g/mol. The number of piperidine rings is 1. The van der Waals surface area contributed by atoms with Gasteiger partial charge in [-0.1, -0.05) is 13.0 Å². The Bertz CT molecular complexity index is 741. The Kier molecular flexibility index (Phi) is 4.85. The molecule has 1 saturated heterocycles. The lowest BCUT2D eigenvalue weighted by atomic mass is 9.77. The van der Waals surface area contributed by atoms with Crippen LogP contribution in [0.25, 0.3) is 5.69 Å². The summed E-state index contributed by atoms with van der Waals surface area (Å²) in [5.74, 6) is -1.75. The lowest BCUT2D eigenvalue weighted by Gasteiger charge is -2.40. The topological polar surface area (TPSA) is 58.4 Å². The molecule has 0 atom stereocenters. The van der Waals surface area contributed by atoms with E-state index in [2.05, 4.69) is 5.10 Å². The van der Waals surface area contributed by atoms with E-state index >= 15 is 0 Å². The molecule has 1 aliphatic rings. The number of para-hydroxylation sites is 1. The smallest absolute Gasteiger partial charge is 0.274 e. The summed E-state index contributed by atoms with van der Waals surface area (Å²) < 4.78 is 28.7. The van der Waals surface area contributed by atoms with E-state index in [0.29, 0.717) is 13.1 Å². The Morgan fingerprint density at radius 3 is 2.44 bits per heavy atom. The number of amides is 1. The van der Waals surface area contributed by atoms with Crippen LogP contribution in [0.1, 0.15) is 36.7 Å². The standard InChI is InChI=1S/C18H21F2N3O2/c1-2-18(12-24)7-10-22(11-8-18)17(25)15-6-9-23(21-15)16-13(19)4-3-5-14(16)20/h3-6,9,24H,2,7-8,10-12H2,1H3. The average molecular weight is 349 g/mol. The van der Waals surface area contributed by atoms with Crippen molar-refractivity contribution in [2.75, 3.05) is 19.7 Å². The molecule has 0 unspecified atom stereocenters. The molecule has 0 bridgehead atoms. The fraction of sp³-hybridized carbons (Fsp3) is 0.444. The van der Waals surface area contributed by atoms with Gasteiger partial charge in [-0.05, 0) is 42.9 Å². The van der Waals surface area contributed by atoms with Crippen LogP contribution in [0.3, 0.4) is 0 Å². The van der Waals surface area contributed by atoms with Crippen molar-refractivity contribution in [1.29, 1.82) is 0 Å². The van der Waals surface area contributed by atoms with Crippen molar-refractivity contribution >= 4 is 5.91 Å². The fourth-order valence-electron chi connectivity index (χ4n) is 3.24. The summed E-state index contributed by atoms with van der Waals surface area (Å²) in [6.07, 6.45) is 3.71. The molecule has 2 heterocycles. The number of nitrogens with zero attached hydrogens (tertiary/aromatic N) is 3. The molecule has 2 aromatic rings. The minimum Gasteiger partial charge on any atom is -0.396 e. The average Bonchev–Trinajstić information content (AvgIpc) is 3.11. The number of hydrogen-bond acceptors (Lipinski definition) is 3. The first-order valence-electron chi connectivity index (χ1n) is 8.40. The van der Waals surface area contributed by atoms with Crippen molar-refractivity contribution in [1.82, 2.24) is 14.7 Å². The molecule has 25 heavy (non-hydrogen) atoms. The number of hydrogen-bond donors (Lipinski definition) is 1. The summed E-state index contributed by atoms with van der Waals surface area (Å²) in [5, 5.41) is 13.6. The van der Waals surface area contributed by atoms with Crippen molar-refractivity contribution in [2.45, 2.75) is 26.2 Å². The van der Waals surface area contributed by atoms with Gasteiger partial charge in [-0.2, -0.15) is 5.10 Å². The largest absolute Gasteiger partial charge is 0.396 e. The van der Waals surface area contributed by atoms with Gasteiger partial charge in [-0.3, -0.25) is 4.79 Å². The van der Waals surface area contributed by atoms with Crippen LogP contribution < -0.4 is 0 Å². The number of benzene rings is 1. The van der Waals surface area contributed by atoms with Crippen molar-refractivity contribution < 1.29 is 18.7 Å². The minimum absolute atomic E-state index is 0.118. The number of aliphatic hydroxyl groups excluding tert-OH is 1. The molecule has 0 radical (unpaired) electrons. The highest BCUT2D eigenvalue weighted by atomic mass is 19.1. The first-order chi connectivity index (χ1) is 12.0. The molecule has 0 aliphatic carbocycles. The van der Waals surface area contributed by atoms with E-state index in [0.717, 1.165) is 36.1 Å². The van der Waals surface area contributed by atoms with Crippen LogP contribution in [-0.2, 0) is 0 Å². The van der Waals surface area contributed by atoms with Crippen molar-refractivity contribution in [3.63, 3.8) is 0 Å². The zero-order valence-electron chi connectivity index (χ0n) is 14.1. The molecule has 1 amide bonds. The summed E-state index contributed by atoms with van der Waals surface area (Å²) in [6, 6.07) is 5.03. The van der Waals surface area contributed by atoms with Gasteiger partial charge in [0, 0.05) is 25.9 Å². The van der Waals surface area contributed by atoms with Gasteiger partial charge in [0.05, 0.1) is 0 Å². The predicted octanol–water partition coefficient (Wildman–Crippen LogP) is 2.78. The molecule has 0 spiro atoms. The molecule has 0 saturated carbocycles. The van der Waals surface area contributed by atoms with E-state index in [9.17, 15) is 18.7 Å². The van der Waals surface area contributed by atoms with E-state index in [4.69, 9.17) is 0 Å². The van der Waals surface area contributed by atoms with Crippen molar-refractivity contribution in [2.24, 2.45) is 5.41 Å². The number of carbonyl (C=O) groups is 1. The van der Waals surface area contributed by atoms with Gasteiger partial charge in [0.2, 0.25) is 0 Å². The zero-order valence-corrected chi connectivity index (χ0v) is 14.1. The van der Waals surface area contributed by atoms with E-state index in [1.165, 1.54) is 18.3 Å². The molecule has 1 aromatic carbocycles. The van der Waals surface area contributed by atoms with Gasteiger partial charge in [-0.25, -0.2) is 13.5 Å². The van der Waals surface area contributed by atoms with E-state index in [1.54, 1.807) is 4.90 Å². The highest BCUT2D eigenvalue weighted by molar-refractivity contribution is 5.92. The molecular weight excluding hydrogens is 328 g/mol. The molecule has 5 nitrogen and oxygen atoms in total. The van der Waals surface area contributed by atoms with E-state index in [1.807, 2.05) is 6.92 Å². The fourth-order valence-corrected chi connectivity index (χ4v) is 3.24. The summed E-state index contributed by atoms with van der Waals surface area (Å²) in [6.45, 7) is 3.23. The Labute approximate surface area is 144 Å². The Morgan fingerprint density at radius 1 is 1.24 bits per heavy atom. The zero-order chi connectivity index (χ0) is 18.0. The maximum atomic E-state index is 13.8.